The zero-order valence-electron chi connectivity index (χ0n) is 11.3. The Morgan fingerprint density at radius 1 is 1.05 bits per heavy atom. The van der Waals surface area contributed by atoms with Crippen LogP contribution < -0.4 is 4.90 Å². The molecule has 0 aromatic heterocycles. The van der Waals surface area contributed by atoms with Gasteiger partial charge in [0, 0.05) is 29.7 Å². The lowest BCUT2D eigenvalue weighted by atomic mass is 9.77. The maximum absolute atomic E-state index is 6.14. The van der Waals surface area contributed by atoms with Crippen LogP contribution in [0, 0.1) is 5.41 Å². The van der Waals surface area contributed by atoms with Gasteiger partial charge in [-0.05, 0) is 48.8 Å². The van der Waals surface area contributed by atoms with Crippen molar-refractivity contribution in [2.75, 3.05) is 18.0 Å². The molecule has 2 fully saturated rings. The topological polar surface area (TPSA) is 3.24 Å². The predicted molar refractivity (Wildman–Crippen MR) is 83.4 cm³/mol. The summed E-state index contributed by atoms with van der Waals surface area (Å²) in [6.07, 6.45) is 8.42. The Hall–Kier alpha value is -0.400. The molecular weight excluding hydrogens is 277 g/mol. The molecule has 0 amide bonds. The highest BCUT2D eigenvalue weighted by molar-refractivity contribution is 6.31. The number of piperidine rings is 1. The summed E-state index contributed by atoms with van der Waals surface area (Å²) in [5.74, 6) is 0.564. The quantitative estimate of drug-likeness (QED) is 0.675. The highest BCUT2D eigenvalue weighted by Gasteiger charge is 2.37. The van der Waals surface area contributed by atoms with E-state index >= 15 is 0 Å². The number of alkyl halides is 1. The van der Waals surface area contributed by atoms with Gasteiger partial charge in [-0.2, -0.15) is 0 Å². The van der Waals surface area contributed by atoms with Crippen molar-refractivity contribution in [3.63, 3.8) is 0 Å². The molecule has 0 unspecified atom stereocenters. The SMILES string of the molecule is ClCc1ccc(Cl)cc1N1CCC2(CCCC2)CC1. The van der Waals surface area contributed by atoms with E-state index in [1.54, 1.807) is 0 Å². The standard InChI is InChI=1S/C16H21Cl2N/c17-12-13-3-4-14(18)11-15(13)19-9-7-16(8-10-19)5-1-2-6-16/h3-4,11H,1-2,5-10,12H2. The minimum atomic E-state index is 0.564. The molecule has 1 aliphatic carbocycles. The molecule has 104 valence electrons. The maximum Gasteiger partial charge on any atom is 0.0494 e. The van der Waals surface area contributed by atoms with E-state index in [9.17, 15) is 0 Å². The Kier molecular flexibility index (Phi) is 3.96. The number of halogens is 2. The second-order valence-corrected chi connectivity index (χ2v) is 6.80. The van der Waals surface area contributed by atoms with Crippen LogP contribution in [0.4, 0.5) is 5.69 Å². The van der Waals surface area contributed by atoms with Gasteiger partial charge < -0.3 is 4.90 Å². The van der Waals surface area contributed by atoms with E-state index in [-0.39, 0.29) is 0 Å². The molecule has 1 aromatic rings. The van der Waals surface area contributed by atoms with Crippen LogP contribution in [0.1, 0.15) is 44.1 Å². The van der Waals surface area contributed by atoms with Crippen LogP contribution in [0.5, 0.6) is 0 Å². The van der Waals surface area contributed by atoms with Crippen LogP contribution in [-0.4, -0.2) is 13.1 Å². The molecule has 0 N–H and O–H groups in total. The molecule has 0 radical (unpaired) electrons. The van der Waals surface area contributed by atoms with Crippen LogP contribution >= 0.6 is 23.2 Å². The average Bonchev–Trinajstić information content (AvgIpc) is 2.88. The average molecular weight is 298 g/mol. The molecule has 1 heterocycles. The maximum atomic E-state index is 6.14. The lowest BCUT2D eigenvalue weighted by Gasteiger charge is -2.41. The minimum Gasteiger partial charge on any atom is -0.371 e. The number of nitrogens with zero attached hydrogens (tertiary/aromatic N) is 1. The minimum absolute atomic E-state index is 0.564. The second kappa shape index (κ2) is 5.54. The number of hydrogen-bond acceptors (Lipinski definition) is 1. The number of hydrogen-bond donors (Lipinski definition) is 0. The van der Waals surface area contributed by atoms with Crippen molar-refractivity contribution in [1.29, 1.82) is 0 Å². The molecule has 0 bridgehead atoms. The first-order valence-electron chi connectivity index (χ1n) is 7.32. The first kappa shape index (κ1) is 13.6. The molecule has 1 aliphatic heterocycles. The molecule has 2 aliphatic rings. The van der Waals surface area contributed by atoms with Gasteiger partial charge in [0.25, 0.3) is 0 Å². The fourth-order valence-corrected chi connectivity index (χ4v) is 4.18. The van der Waals surface area contributed by atoms with Gasteiger partial charge in [0.05, 0.1) is 0 Å². The second-order valence-electron chi connectivity index (χ2n) is 6.10. The van der Waals surface area contributed by atoms with Gasteiger partial charge >= 0.3 is 0 Å². The number of anilines is 1. The monoisotopic (exact) mass is 297 g/mol. The van der Waals surface area contributed by atoms with E-state index in [0.717, 1.165) is 18.1 Å². The van der Waals surface area contributed by atoms with E-state index in [1.165, 1.54) is 49.8 Å². The molecule has 0 atom stereocenters. The molecule has 3 rings (SSSR count). The van der Waals surface area contributed by atoms with E-state index in [2.05, 4.69) is 17.0 Å². The largest absolute Gasteiger partial charge is 0.371 e. The molecule has 1 saturated carbocycles. The fourth-order valence-electron chi connectivity index (χ4n) is 3.79. The molecule has 1 aromatic carbocycles. The van der Waals surface area contributed by atoms with Crippen LogP contribution in [-0.2, 0) is 5.88 Å². The smallest absolute Gasteiger partial charge is 0.0494 e. The van der Waals surface area contributed by atoms with Crippen molar-refractivity contribution in [3.05, 3.63) is 28.8 Å². The molecule has 1 saturated heterocycles. The van der Waals surface area contributed by atoms with Crippen LogP contribution in [0.15, 0.2) is 18.2 Å². The zero-order chi connectivity index (χ0) is 13.3. The lowest BCUT2D eigenvalue weighted by molar-refractivity contribution is 0.226. The number of rotatable bonds is 2. The molecule has 19 heavy (non-hydrogen) atoms. The first-order chi connectivity index (χ1) is 9.22. The summed E-state index contributed by atoms with van der Waals surface area (Å²) in [7, 11) is 0. The first-order valence-corrected chi connectivity index (χ1v) is 8.23. The molecule has 1 nitrogen and oxygen atoms in total. The summed E-state index contributed by atoms with van der Waals surface area (Å²) in [5.41, 5.74) is 3.11. The van der Waals surface area contributed by atoms with Crippen molar-refractivity contribution in [3.8, 4) is 0 Å². The fraction of sp³-hybridized carbons (Fsp3) is 0.625. The highest BCUT2D eigenvalue weighted by Crippen LogP contribution is 2.47. The Balaban J connectivity index is 1.76. The Labute approximate surface area is 125 Å². The van der Waals surface area contributed by atoms with Gasteiger partial charge in [-0.3, -0.25) is 0 Å². The molecule has 1 spiro atoms. The third-order valence-corrected chi connectivity index (χ3v) is 5.54. The van der Waals surface area contributed by atoms with Gasteiger partial charge in [-0.25, -0.2) is 0 Å². The molecular formula is C16H21Cl2N. The van der Waals surface area contributed by atoms with Crippen molar-refractivity contribution >= 4 is 28.9 Å². The van der Waals surface area contributed by atoms with Crippen LogP contribution in [0.2, 0.25) is 5.02 Å². The normalized spacial score (nSPS) is 22.1. The number of benzene rings is 1. The van der Waals surface area contributed by atoms with E-state index < -0.39 is 0 Å². The third-order valence-electron chi connectivity index (χ3n) is 5.02. The van der Waals surface area contributed by atoms with E-state index in [1.807, 2.05) is 6.07 Å². The van der Waals surface area contributed by atoms with Gasteiger partial charge in [0.1, 0.15) is 0 Å². The molecule has 3 heteroatoms. The van der Waals surface area contributed by atoms with Gasteiger partial charge in [-0.15, -0.1) is 11.6 Å². The Morgan fingerprint density at radius 2 is 1.74 bits per heavy atom. The predicted octanol–water partition coefficient (Wildman–Crippen LogP) is 5.24. The third kappa shape index (κ3) is 2.73. The zero-order valence-corrected chi connectivity index (χ0v) is 12.8. The van der Waals surface area contributed by atoms with Gasteiger partial charge in [0.15, 0.2) is 0 Å². The van der Waals surface area contributed by atoms with Crippen molar-refractivity contribution < 1.29 is 0 Å². The van der Waals surface area contributed by atoms with Gasteiger partial charge in [-0.1, -0.05) is 30.5 Å². The van der Waals surface area contributed by atoms with E-state index in [4.69, 9.17) is 23.2 Å². The van der Waals surface area contributed by atoms with E-state index in [0.29, 0.717) is 11.3 Å². The summed E-state index contributed by atoms with van der Waals surface area (Å²) in [6, 6.07) is 6.07. The summed E-state index contributed by atoms with van der Waals surface area (Å²) in [6.45, 7) is 2.31. The van der Waals surface area contributed by atoms with Crippen LogP contribution in [0.3, 0.4) is 0 Å². The van der Waals surface area contributed by atoms with Crippen molar-refractivity contribution in [2.45, 2.75) is 44.4 Å². The summed E-state index contributed by atoms with van der Waals surface area (Å²) >= 11 is 12.2. The lowest BCUT2D eigenvalue weighted by Crippen LogP contribution is -2.39. The Bertz CT molecular complexity index is 442. The Morgan fingerprint density at radius 3 is 2.37 bits per heavy atom. The summed E-state index contributed by atoms with van der Waals surface area (Å²) < 4.78 is 0. The van der Waals surface area contributed by atoms with Crippen molar-refractivity contribution in [1.82, 2.24) is 0 Å². The van der Waals surface area contributed by atoms with Crippen LogP contribution in [0.25, 0.3) is 0 Å². The van der Waals surface area contributed by atoms with Crippen molar-refractivity contribution in [2.24, 2.45) is 5.41 Å². The summed E-state index contributed by atoms with van der Waals surface area (Å²) in [4.78, 5) is 2.48. The van der Waals surface area contributed by atoms with Gasteiger partial charge in [0.2, 0.25) is 0 Å². The summed E-state index contributed by atoms with van der Waals surface area (Å²) in [5, 5.41) is 0.810. The highest BCUT2D eigenvalue weighted by atomic mass is 35.5.